The van der Waals surface area contributed by atoms with E-state index in [0.29, 0.717) is 0 Å². The van der Waals surface area contributed by atoms with E-state index in [2.05, 4.69) is 14.7 Å². The first-order chi connectivity index (χ1) is 9.79. The summed E-state index contributed by atoms with van der Waals surface area (Å²) in [5.41, 5.74) is 0. The number of sulfone groups is 1. The molecule has 21 heavy (non-hydrogen) atoms. The van der Waals surface area contributed by atoms with E-state index < -0.39 is 37.9 Å². The standard InChI is InChI=1S/C11H11N3O6S/c1-11(3-2-6-12-5-20-13-6)9(10(16)17)14-7(15)4-8(14)21(11,18)19/h2-3,5,8-9H,4H2,1H3,(H,16,17)/b3-2+. The summed E-state index contributed by atoms with van der Waals surface area (Å²) in [6.45, 7) is 1.28. The molecular weight excluding hydrogens is 302 g/mol. The van der Waals surface area contributed by atoms with Crippen molar-refractivity contribution < 1.29 is 27.6 Å². The fourth-order valence-corrected chi connectivity index (χ4v) is 5.01. The minimum atomic E-state index is -3.86. The Morgan fingerprint density at radius 3 is 2.86 bits per heavy atom. The smallest absolute Gasteiger partial charge is 0.328 e. The number of β-lactam (4-membered cyclic amide) rings is 1. The minimum Gasteiger partial charge on any atom is -0.480 e. The van der Waals surface area contributed by atoms with Crippen molar-refractivity contribution in [1.82, 2.24) is 15.0 Å². The van der Waals surface area contributed by atoms with Gasteiger partial charge in [-0.2, -0.15) is 4.98 Å². The van der Waals surface area contributed by atoms with Gasteiger partial charge < -0.3 is 14.5 Å². The summed E-state index contributed by atoms with van der Waals surface area (Å²) >= 11 is 0. The molecule has 1 N–H and O–H groups in total. The van der Waals surface area contributed by atoms with Crippen LogP contribution in [0.15, 0.2) is 17.0 Å². The van der Waals surface area contributed by atoms with E-state index in [0.717, 1.165) is 11.3 Å². The van der Waals surface area contributed by atoms with Crippen LogP contribution < -0.4 is 0 Å². The molecule has 10 heteroatoms. The maximum atomic E-state index is 12.5. The average Bonchev–Trinajstić information content (AvgIpc) is 2.95. The predicted molar refractivity (Wildman–Crippen MR) is 67.3 cm³/mol. The summed E-state index contributed by atoms with van der Waals surface area (Å²) < 4.78 is 27.8. The highest BCUT2D eigenvalue weighted by Crippen LogP contribution is 2.46. The molecule has 9 nitrogen and oxygen atoms in total. The van der Waals surface area contributed by atoms with Gasteiger partial charge in [-0.1, -0.05) is 11.2 Å². The van der Waals surface area contributed by atoms with Crippen molar-refractivity contribution in [2.24, 2.45) is 0 Å². The van der Waals surface area contributed by atoms with Gasteiger partial charge in [-0.05, 0) is 13.0 Å². The van der Waals surface area contributed by atoms with Crippen molar-refractivity contribution in [2.45, 2.75) is 29.5 Å². The molecule has 3 heterocycles. The summed E-state index contributed by atoms with van der Waals surface area (Å²) in [6, 6.07) is -1.46. The van der Waals surface area contributed by atoms with Gasteiger partial charge in [0.05, 0.1) is 6.42 Å². The molecule has 0 saturated carbocycles. The lowest BCUT2D eigenvalue weighted by Crippen LogP contribution is -2.57. The number of fused-ring (bicyclic) bond motifs is 1. The Labute approximate surface area is 119 Å². The lowest BCUT2D eigenvalue weighted by atomic mass is 9.96. The predicted octanol–water partition coefficient (Wildman–Crippen LogP) is -0.718. The molecule has 1 amide bonds. The molecule has 2 fully saturated rings. The number of carbonyl (C=O) groups is 2. The van der Waals surface area contributed by atoms with Crippen molar-refractivity contribution in [1.29, 1.82) is 0 Å². The van der Waals surface area contributed by atoms with Gasteiger partial charge in [-0.15, -0.1) is 0 Å². The Morgan fingerprint density at radius 1 is 1.62 bits per heavy atom. The van der Waals surface area contributed by atoms with Crippen LogP contribution in [0.1, 0.15) is 19.2 Å². The monoisotopic (exact) mass is 313 g/mol. The van der Waals surface area contributed by atoms with Crippen LogP contribution in [-0.4, -0.2) is 56.6 Å². The third-order valence-corrected chi connectivity index (χ3v) is 6.61. The average molecular weight is 313 g/mol. The molecule has 1 aromatic heterocycles. The molecule has 0 radical (unpaired) electrons. The quantitative estimate of drug-likeness (QED) is 0.723. The number of hydrogen-bond acceptors (Lipinski definition) is 7. The highest BCUT2D eigenvalue weighted by molar-refractivity contribution is 7.94. The SMILES string of the molecule is CC1(/C=C/c2ncon2)C(C(=O)O)N2C(=O)CC2S1(=O)=O. The van der Waals surface area contributed by atoms with Gasteiger partial charge in [0.15, 0.2) is 21.7 Å². The first-order valence-electron chi connectivity index (χ1n) is 6.02. The van der Waals surface area contributed by atoms with Crippen LogP contribution in [0.4, 0.5) is 0 Å². The van der Waals surface area contributed by atoms with Gasteiger partial charge >= 0.3 is 5.97 Å². The maximum absolute atomic E-state index is 12.5. The number of hydrogen-bond donors (Lipinski definition) is 1. The van der Waals surface area contributed by atoms with Crippen LogP contribution in [0, 0.1) is 0 Å². The van der Waals surface area contributed by atoms with Crippen molar-refractivity contribution in [3.8, 4) is 0 Å². The van der Waals surface area contributed by atoms with E-state index in [1.165, 1.54) is 19.1 Å². The van der Waals surface area contributed by atoms with E-state index in [-0.39, 0.29) is 12.2 Å². The molecule has 0 spiro atoms. The number of nitrogens with zero attached hydrogens (tertiary/aromatic N) is 3. The number of aromatic nitrogens is 2. The Balaban J connectivity index is 2.08. The summed E-state index contributed by atoms with van der Waals surface area (Å²) in [6.07, 6.45) is 3.36. The Hall–Kier alpha value is -2.23. The lowest BCUT2D eigenvalue weighted by Gasteiger charge is -2.35. The molecule has 1 aromatic rings. The first kappa shape index (κ1) is 13.7. The number of rotatable bonds is 3. The zero-order valence-corrected chi connectivity index (χ0v) is 11.6. The van der Waals surface area contributed by atoms with Gasteiger partial charge in [-0.3, -0.25) is 4.79 Å². The second-order valence-electron chi connectivity index (χ2n) is 5.05. The van der Waals surface area contributed by atoms with E-state index >= 15 is 0 Å². The number of carbonyl (C=O) groups excluding carboxylic acids is 1. The van der Waals surface area contributed by atoms with Crippen LogP contribution >= 0.6 is 0 Å². The van der Waals surface area contributed by atoms with Crippen LogP contribution in [-0.2, 0) is 19.4 Å². The van der Waals surface area contributed by atoms with E-state index in [1.54, 1.807) is 0 Å². The van der Waals surface area contributed by atoms with E-state index in [1.807, 2.05) is 0 Å². The molecule has 3 atom stereocenters. The fourth-order valence-electron chi connectivity index (χ4n) is 2.74. The molecular formula is C11H11N3O6S. The van der Waals surface area contributed by atoms with Gasteiger partial charge in [0.1, 0.15) is 10.1 Å². The van der Waals surface area contributed by atoms with Crippen LogP contribution in [0.3, 0.4) is 0 Å². The van der Waals surface area contributed by atoms with Crippen LogP contribution in [0.2, 0.25) is 0 Å². The number of carboxylic acids is 1. The number of aliphatic carboxylic acids is 1. The second kappa shape index (κ2) is 4.13. The van der Waals surface area contributed by atoms with Gasteiger partial charge in [0.25, 0.3) is 0 Å². The lowest BCUT2D eigenvalue weighted by molar-refractivity contribution is -0.157. The van der Waals surface area contributed by atoms with E-state index in [9.17, 15) is 23.1 Å². The van der Waals surface area contributed by atoms with Crippen molar-refractivity contribution in [2.75, 3.05) is 0 Å². The summed E-state index contributed by atoms with van der Waals surface area (Å²) in [4.78, 5) is 27.7. The Bertz CT molecular complexity index is 740. The summed E-state index contributed by atoms with van der Waals surface area (Å²) in [5.74, 6) is -1.72. The molecule has 0 bridgehead atoms. The molecule has 0 aliphatic carbocycles. The fraction of sp³-hybridized carbons (Fsp3) is 0.455. The summed E-state index contributed by atoms with van der Waals surface area (Å²) in [7, 11) is -3.86. The molecule has 3 unspecified atom stereocenters. The van der Waals surface area contributed by atoms with Gasteiger partial charge in [0.2, 0.25) is 12.3 Å². The first-order valence-corrected chi connectivity index (χ1v) is 7.56. The van der Waals surface area contributed by atoms with Crippen molar-refractivity contribution in [3.05, 3.63) is 18.3 Å². The topological polar surface area (TPSA) is 131 Å². The normalized spacial score (nSPS) is 34.0. The van der Waals surface area contributed by atoms with Crippen LogP contribution in [0.25, 0.3) is 6.08 Å². The maximum Gasteiger partial charge on any atom is 0.328 e. The minimum absolute atomic E-state index is 0.121. The van der Waals surface area contributed by atoms with E-state index in [4.69, 9.17) is 0 Å². The largest absolute Gasteiger partial charge is 0.480 e. The zero-order valence-electron chi connectivity index (χ0n) is 10.8. The highest BCUT2D eigenvalue weighted by atomic mass is 32.2. The third kappa shape index (κ3) is 1.65. The number of amides is 1. The molecule has 3 rings (SSSR count). The molecule has 0 aromatic carbocycles. The Kier molecular flexibility index (Phi) is 2.70. The van der Waals surface area contributed by atoms with Crippen molar-refractivity contribution >= 4 is 27.8 Å². The van der Waals surface area contributed by atoms with Crippen molar-refractivity contribution in [3.63, 3.8) is 0 Å². The molecule has 112 valence electrons. The van der Waals surface area contributed by atoms with Gasteiger partial charge in [0, 0.05) is 0 Å². The zero-order chi connectivity index (χ0) is 15.4. The molecule has 2 aliphatic heterocycles. The molecule has 2 aliphatic rings. The Morgan fingerprint density at radius 2 is 2.33 bits per heavy atom. The highest BCUT2D eigenvalue weighted by Gasteiger charge is 2.69. The van der Waals surface area contributed by atoms with Crippen LogP contribution in [0.5, 0.6) is 0 Å². The summed E-state index contributed by atoms with van der Waals surface area (Å²) in [5, 5.41) is 11.8. The second-order valence-corrected chi connectivity index (χ2v) is 7.57. The van der Waals surface area contributed by atoms with Gasteiger partial charge in [-0.25, -0.2) is 13.2 Å². The third-order valence-electron chi connectivity index (χ3n) is 3.92. The molecule has 2 saturated heterocycles. The number of carboxylic acid groups (broad SMARTS) is 1.